The molecule has 1 saturated heterocycles. The molecule has 162 valence electrons. The van der Waals surface area contributed by atoms with Crippen molar-refractivity contribution in [3.05, 3.63) is 45.8 Å². The number of ether oxygens (including phenoxy) is 1. The van der Waals surface area contributed by atoms with Crippen LogP contribution in [-0.4, -0.2) is 42.3 Å². The molecular formula is C21H22N4O5S. The van der Waals surface area contributed by atoms with Crippen molar-refractivity contribution in [2.24, 2.45) is 5.73 Å². The van der Waals surface area contributed by atoms with Crippen molar-refractivity contribution in [2.75, 3.05) is 19.0 Å². The zero-order valence-corrected chi connectivity index (χ0v) is 17.9. The quantitative estimate of drug-likeness (QED) is 0.587. The zero-order chi connectivity index (χ0) is 22.3. The van der Waals surface area contributed by atoms with Crippen LogP contribution in [-0.2, 0) is 28.0 Å². The molecule has 2 heterocycles. The van der Waals surface area contributed by atoms with E-state index >= 15 is 0 Å². The minimum Gasteiger partial charge on any atom is -0.497 e. The van der Waals surface area contributed by atoms with Gasteiger partial charge in [-0.25, -0.2) is 4.79 Å². The van der Waals surface area contributed by atoms with E-state index in [1.165, 1.54) is 18.4 Å². The van der Waals surface area contributed by atoms with Crippen LogP contribution >= 0.6 is 11.3 Å². The highest BCUT2D eigenvalue weighted by atomic mass is 32.1. The van der Waals surface area contributed by atoms with Crippen molar-refractivity contribution in [1.29, 1.82) is 0 Å². The van der Waals surface area contributed by atoms with Crippen molar-refractivity contribution in [1.82, 2.24) is 10.2 Å². The summed E-state index contributed by atoms with van der Waals surface area (Å²) >= 11 is 1.31. The molecule has 4 rings (SSSR count). The summed E-state index contributed by atoms with van der Waals surface area (Å²) in [5.41, 5.74) is 5.94. The SMILES string of the molecule is COc1cccc(C2(C)NC(=O)N(CC(=O)Nc3sc4c(c3C(N)=O)CCC4)C2=O)c1. The van der Waals surface area contributed by atoms with Crippen molar-refractivity contribution in [3.8, 4) is 5.75 Å². The molecule has 1 aromatic heterocycles. The zero-order valence-electron chi connectivity index (χ0n) is 17.1. The molecule has 10 heteroatoms. The number of nitrogens with two attached hydrogens (primary N) is 1. The molecule has 31 heavy (non-hydrogen) atoms. The summed E-state index contributed by atoms with van der Waals surface area (Å²) in [5.74, 6) is -1.19. The van der Waals surface area contributed by atoms with Crippen LogP contribution in [0.5, 0.6) is 5.75 Å². The van der Waals surface area contributed by atoms with Gasteiger partial charge in [0.25, 0.3) is 11.8 Å². The van der Waals surface area contributed by atoms with Gasteiger partial charge in [0.15, 0.2) is 0 Å². The molecule has 0 radical (unpaired) electrons. The number of nitrogens with zero attached hydrogens (tertiary/aromatic N) is 1. The normalized spacial score (nSPS) is 19.9. The van der Waals surface area contributed by atoms with E-state index in [1.807, 2.05) is 0 Å². The summed E-state index contributed by atoms with van der Waals surface area (Å²) in [6, 6.07) is 6.14. The fourth-order valence-corrected chi connectivity index (χ4v) is 5.34. The number of methoxy groups -OCH3 is 1. The minimum atomic E-state index is -1.33. The standard InChI is InChI=1S/C21H22N4O5S/c1-21(11-5-3-6-12(9-11)30-2)19(28)25(20(29)24-21)10-15(26)23-18-16(17(22)27)13-7-4-8-14(13)31-18/h3,5-6,9H,4,7-8,10H2,1-2H3,(H2,22,27)(H,23,26)(H,24,29). The highest BCUT2D eigenvalue weighted by molar-refractivity contribution is 7.17. The number of rotatable bonds is 6. The average molecular weight is 442 g/mol. The third kappa shape index (κ3) is 3.52. The molecule has 1 atom stereocenters. The monoisotopic (exact) mass is 442 g/mol. The fraction of sp³-hybridized carbons (Fsp3) is 0.333. The van der Waals surface area contributed by atoms with E-state index in [2.05, 4.69) is 10.6 Å². The van der Waals surface area contributed by atoms with Gasteiger partial charge >= 0.3 is 6.03 Å². The molecular weight excluding hydrogens is 420 g/mol. The van der Waals surface area contributed by atoms with Crippen LogP contribution < -0.4 is 21.1 Å². The topological polar surface area (TPSA) is 131 Å². The van der Waals surface area contributed by atoms with Gasteiger partial charge in [-0.15, -0.1) is 11.3 Å². The van der Waals surface area contributed by atoms with E-state index in [9.17, 15) is 19.2 Å². The molecule has 5 amide bonds. The summed E-state index contributed by atoms with van der Waals surface area (Å²) in [5, 5.41) is 5.68. The number of imide groups is 1. The number of nitrogens with one attached hydrogen (secondary N) is 2. The molecule has 1 aliphatic carbocycles. The first kappa shape index (κ1) is 20.9. The first-order valence-corrected chi connectivity index (χ1v) is 10.6. The lowest BCUT2D eigenvalue weighted by atomic mass is 9.92. The van der Waals surface area contributed by atoms with Crippen LogP contribution in [0.1, 0.15) is 39.7 Å². The van der Waals surface area contributed by atoms with Gasteiger partial charge in [-0.2, -0.15) is 0 Å². The van der Waals surface area contributed by atoms with E-state index in [-0.39, 0.29) is 0 Å². The van der Waals surface area contributed by atoms with Crippen molar-refractivity contribution in [3.63, 3.8) is 0 Å². The number of carbonyl (C=O) groups is 4. The van der Waals surface area contributed by atoms with Gasteiger partial charge in [-0.05, 0) is 49.4 Å². The van der Waals surface area contributed by atoms with E-state index < -0.39 is 35.8 Å². The second kappa shape index (κ2) is 7.69. The van der Waals surface area contributed by atoms with E-state index in [0.29, 0.717) is 21.9 Å². The van der Waals surface area contributed by atoms with E-state index in [1.54, 1.807) is 31.2 Å². The lowest BCUT2D eigenvalue weighted by Crippen LogP contribution is -2.42. The molecule has 0 saturated carbocycles. The van der Waals surface area contributed by atoms with Gasteiger partial charge in [0.2, 0.25) is 5.91 Å². The summed E-state index contributed by atoms with van der Waals surface area (Å²) in [6.45, 7) is 1.10. The lowest BCUT2D eigenvalue weighted by Gasteiger charge is -2.22. The first-order chi connectivity index (χ1) is 14.7. The van der Waals surface area contributed by atoms with Crippen LogP contribution in [0.25, 0.3) is 0 Å². The Bertz CT molecular complexity index is 1110. The Morgan fingerprint density at radius 1 is 1.32 bits per heavy atom. The predicted octanol–water partition coefficient (Wildman–Crippen LogP) is 1.75. The second-order valence-corrected chi connectivity index (χ2v) is 8.76. The first-order valence-electron chi connectivity index (χ1n) is 9.77. The predicted molar refractivity (Wildman–Crippen MR) is 114 cm³/mol. The smallest absolute Gasteiger partial charge is 0.325 e. The van der Waals surface area contributed by atoms with Gasteiger partial charge in [-0.1, -0.05) is 12.1 Å². The maximum Gasteiger partial charge on any atom is 0.325 e. The number of primary amides is 1. The Morgan fingerprint density at radius 3 is 2.81 bits per heavy atom. The second-order valence-electron chi connectivity index (χ2n) is 7.65. The maximum absolute atomic E-state index is 13.1. The Balaban J connectivity index is 1.52. The summed E-state index contributed by atoms with van der Waals surface area (Å²) in [6.07, 6.45) is 2.52. The Hall–Kier alpha value is -3.40. The number of benzene rings is 1. The van der Waals surface area contributed by atoms with Gasteiger partial charge < -0.3 is 21.1 Å². The number of fused-ring (bicyclic) bond motifs is 1. The van der Waals surface area contributed by atoms with Crippen LogP contribution in [0, 0.1) is 0 Å². The van der Waals surface area contributed by atoms with Gasteiger partial charge in [0.1, 0.15) is 22.8 Å². The van der Waals surface area contributed by atoms with Crippen LogP contribution in [0.4, 0.5) is 9.80 Å². The van der Waals surface area contributed by atoms with Crippen molar-refractivity contribution in [2.45, 2.75) is 31.7 Å². The summed E-state index contributed by atoms with van der Waals surface area (Å²) in [4.78, 5) is 52.0. The van der Waals surface area contributed by atoms with Crippen LogP contribution in [0.2, 0.25) is 0 Å². The average Bonchev–Trinajstić information content (AvgIpc) is 3.36. The number of urea groups is 1. The highest BCUT2D eigenvalue weighted by Crippen LogP contribution is 2.39. The minimum absolute atomic E-state index is 0.323. The lowest BCUT2D eigenvalue weighted by molar-refractivity contribution is -0.133. The number of hydrogen-bond donors (Lipinski definition) is 3. The van der Waals surface area contributed by atoms with Crippen LogP contribution in [0.15, 0.2) is 24.3 Å². The maximum atomic E-state index is 13.1. The number of aryl methyl sites for hydroxylation is 1. The molecule has 0 bridgehead atoms. The fourth-order valence-electron chi connectivity index (χ4n) is 4.03. The molecule has 2 aromatic rings. The molecule has 1 fully saturated rings. The van der Waals surface area contributed by atoms with E-state index in [0.717, 1.165) is 34.6 Å². The Labute approximate surface area is 182 Å². The number of hydrogen-bond acceptors (Lipinski definition) is 6. The van der Waals surface area contributed by atoms with E-state index in [4.69, 9.17) is 10.5 Å². The summed E-state index contributed by atoms with van der Waals surface area (Å²) < 4.78 is 5.20. The molecule has 1 unspecified atom stereocenters. The number of thiophene rings is 1. The Morgan fingerprint density at radius 2 is 2.10 bits per heavy atom. The number of carbonyl (C=O) groups excluding carboxylic acids is 4. The van der Waals surface area contributed by atoms with Crippen LogP contribution in [0.3, 0.4) is 0 Å². The number of anilines is 1. The molecule has 9 nitrogen and oxygen atoms in total. The van der Waals surface area contributed by atoms with Crippen molar-refractivity contribution >= 4 is 40.1 Å². The summed E-state index contributed by atoms with van der Waals surface area (Å²) in [7, 11) is 1.51. The molecule has 2 aliphatic rings. The largest absolute Gasteiger partial charge is 0.497 e. The van der Waals surface area contributed by atoms with Gasteiger partial charge in [0, 0.05) is 4.88 Å². The third-order valence-corrected chi connectivity index (χ3v) is 6.85. The van der Waals surface area contributed by atoms with Gasteiger partial charge in [-0.3, -0.25) is 19.3 Å². The molecule has 0 spiro atoms. The molecule has 1 aliphatic heterocycles. The number of amides is 5. The third-order valence-electron chi connectivity index (χ3n) is 5.64. The Kier molecular flexibility index (Phi) is 5.18. The molecule has 4 N–H and O–H groups in total. The molecule has 1 aromatic carbocycles. The van der Waals surface area contributed by atoms with Gasteiger partial charge in [0.05, 0.1) is 12.7 Å². The van der Waals surface area contributed by atoms with Crippen molar-refractivity contribution < 1.29 is 23.9 Å². The highest BCUT2D eigenvalue weighted by Gasteiger charge is 2.49.